The largest absolute Gasteiger partial charge is 0.495 e. The van der Waals surface area contributed by atoms with Gasteiger partial charge in [-0.2, -0.15) is 0 Å². The van der Waals surface area contributed by atoms with Crippen LogP contribution in [0.4, 0.5) is 5.69 Å². The van der Waals surface area contributed by atoms with E-state index in [1.54, 1.807) is 12.0 Å². The highest BCUT2D eigenvalue weighted by atomic mass is 35.5. The lowest BCUT2D eigenvalue weighted by Gasteiger charge is -2.19. The summed E-state index contributed by atoms with van der Waals surface area (Å²) in [6.45, 7) is 3.21. The van der Waals surface area contributed by atoms with Gasteiger partial charge in [0.2, 0.25) is 11.8 Å². The molecular weight excluding hydrogens is 342 g/mol. The van der Waals surface area contributed by atoms with E-state index in [-0.39, 0.29) is 36.6 Å². The lowest BCUT2D eigenvalue weighted by atomic mass is 10.0. The van der Waals surface area contributed by atoms with E-state index in [0.29, 0.717) is 24.8 Å². The molecule has 7 heteroatoms. The molecule has 2 unspecified atom stereocenters. The summed E-state index contributed by atoms with van der Waals surface area (Å²) in [5.74, 6) is 0.969. The van der Waals surface area contributed by atoms with Gasteiger partial charge < -0.3 is 20.3 Å². The van der Waals surface area contributed by atoms with Gasteiger partial charge in [0.05, 0.1) is 18.7 Å². The average molecular weight is 368 g/mol. The number of nitrogens with zero attached hydrogens (tertiary/aromatic N) is 1. The smallest absolute Gasteiger partial charge is 0.227 e. The molecule has 1 aromatic carbocycles. The van der Waals surface area contributed by atoms with E-state index in [1.807, 2.05) is 24.3 Å². The lowest BCUT2D eigenvalue weighted by molar-refractivity contribution is -0.126. The van der Waals surface area contributed by atoms with Crippen molar-refractivity contribution in [2.75, 3.05) is 38.2 Å². The van der Waals surface area contributed by atoms with Gasteiger partial charge in [0, 0.05) is 19.5 Å². The number of hydrogen-bond acceptors (Lipinski definition) is 4. The zero-order valence-corrected chi connectivity index (χ0v) is 15.3. The van der Waals surface area contributed by atoms with Crippen molar-refractivity contribution in [3.8, 4) is 5.75 Å². The van der Waals surface area contributed by atoms with Gasteiger partial charge in [0.25, 0.3) is 0 Å². The standard InChI is InChI=1S/C18H25N3O3.ClH/c1-24-16-5-3-2-4-15(16)21-12-14(10-17(21)22)18(23)20-9-7-13-6-8-19-11-13;/h2-5,13-14,19H,6-12H2,1H3,(H,20,23);1H. The van der Waals surface area contributed by atoms with Gasteiger partial charge in [-0.05, 0) is 44.0 Å². The Labute approximate surface area is 154 Å². The molecule has 0 aliphatic carbocycles. The number of hydrogen-bond donors (Lipinski definition) is 2. The fourth-order valence-electron chi connectivity index (χ4n) is 3.47. The van der Waals surface area contributed by atoms with Crippen LogP contribution in [-0.4, -0.2) is 45.1 Å². The van der Waals surface area contributed by atoms with Crippen LogP contribution in [0.5, 0.6) is 5.75 Å². The molecule has 6 nitrogen and oxygen atoms in total. The number of carbonyl (C=O) groups is 2. The molecule has 0 spiro atoms. The first-order valence-corrected chi connectivity index (χ1v) is 8.61. The number of anilines is 1. The number of halogens is 1. The van der Waals surface area contributed by atoms with Crippen LogP contribution in [0.1, 0.15) is 19.3 Å². The van der Waals surface area contributed by atoms with Crippen LogP contribution < -0.4 is 20.3 Å². The number of rotatable bonds is 6. The molecule has 0 saturated carbocycles. The van der Waals surface area contributed by atoms with Crippen molar-refractivity contribution in [2.45, 2.75) is 19.3 Å². The van der Waals surface area contributed by atoms with Crippen LogP contribution in [0, 0.1) is 11.8 Å². The SMILES string of the molecule is COc1ccccc1N1CC(C(=O)NCCC2CCNC2)CC1=O.Cl. The molecule has 2 amide bonds. The van der Waals surface area contributed by atoms with E-state index in [0.717, 1.165) is 25.2 Å². The molecule has 2 heterocycles. The summed E-state index contributed by atoms with van der Waals surface area (Å²) in [7, 11) is 1.58. The minimum absolute atomic E-state index is 0. The fourth-order valence-corrected chi connectivity index (χ4v) is 3.47. The Morgan fingerprint density at radius 3 is 2.92 bits per heavy atom. The van der Waals surface area contributed by atoms with E-state index in [1.165, 1.54) is 6.42 Å². The van der Waals surface area contributed by atoms with Crippen LogP contribution in [0.25, 0.3) is 0 Å². The molecule has 2 aliphatic heterocycles. The Kier molecular flexibility index (Phi) is 7.08. The highest BCUT2D eigenvalue weighted by molar-refractivity contribution is 6.01. The van der Waals surface area contributed by atoms with Crippen molar-refractivity contribution in [2.24, 2.45) is 11.8 Å². The Balaban J connectivity index is 0.00000225. The molecule has 25 heavy (non-hydrogen) atoms. The molecule has 3 rings (SSSR count). The predicted molar refractivity (Wildman–Crippen MR) is 99.3 cm³/mol. The number of nitrogens with one attached hydrogen (secondary N) is 2. The molecule has 1 aromatic rings. The summed E-state index contributed by atoms with van der Waals surface area (Å²) in [6, 6.07) is 7.41. The Hall–Kier alpha value is -1.79. The van der Waals surface area contributed by atoms with E-state index >= 15 is 0 Å². The second-order valence-corrected chi connectivity index (χ2v) is 6.52. The molecule has 0 radical (unpaired) electrons. The van der Waals surface area contributed by atoms with Crippen molar-refractivity contribution in [1.29, 1.82) is 0 Å². The molecule has 2 aliphatic rings. The van der Waals surface area contributed by atoms with Gasteiger partial charge in [-0.1, -0.05) is 12.1 Å². The summed E-state index contributed by atoms with van der Waals surface area (Å²) in [6.07, 6.45) is 2.43. The fraction of sp³-hybridized carbons (Fsp3) is 0.556. The van der Waals surface area contributed by atoms with Gasteiger partial charge >= 0.3 is 0 Å². The zero-order chi connectivity index (χ0) is 16.9. The minimum Gasteiger partial charge on any atom is -0.495 e. The number of para-hydroxylation sites is 2. The highest BCUT2D eigenvalue weighted by Gasteiger charge is 2.36. The van der Waals surface area contributed by atoms with E-state index in [2.05, 4.69) is 10.6 Å². The molecule has 138 valence electrons. The summed E-state index contributed by atoms with van der Waals surface area (Å²) >= 11 is 0. The first kappa shape index (κ1) is 19.5. The predicted octanol–water partition coefficient (Wildman–Crippen LogP) is 1.59. The Morgan fingerprint density at radius 1 is 1.40 bits per heavy atom. The van der Waals surface area contributed by atoms with Gasteiger partial charge in [0.1, 0.15) is 5.75 Å². The third-order valence-electron chi connectivity index (χ3n) is 4.89. The summed E-state index contributed by atoms with van der Waals surface area (Å²) in [5, 5.41) is 6.33. The van der Waals surface area contributed by atoms with Crippen LogP contribution >= 0.6 is 12.4 Å². The summed E-state index contributed by atoms with van der Waals surface area (Å²) in [5.41, 5.74) is 0.734. The zero-order valence-electron chi connectivity index (χ0n) is 14.5. The molecule has 2 fully saturated rings. The Bertz CT molecular complexity index is 605. The molecule has 0 bridgehead atoms. The first-order chi connectivity index (χ1) is 11.7. The molecule has 2 atom stereocenters. The maximum Gasteiger partial charge on any atom is 0.227 e. The number of benzene rings is 1. The van der Waals surface area contributed by atoms with Crippen LogP contribution in [0.15, 0.2) is 24.3 Å². The topological polar surface area (TPSA) is 70.7 Å². The third-order valence-corrected chi connectivity index (χ3v) is 4.89. The minimum atomic E-state index is -0.288. The molecule has 0 aromatic heterocycles. The third kappa shape index (κ3) is 4.64. The number of carbonyl (C=O) groups excluding carboxylic acids is 2. The number of methoxy groups -OCH3 is 1. The van der Waals surface area contributed by atoms with Gasteiger partial charge in [0.15, 0.2) is 0 Å². The van der Waals surface area contributed by atoms with Crippen molar-refractivity contribution < 1.29 is 14.3 Å². The molecule has 2 saturated heterocycles. The average Bonchev–Trinajstić information content (AvgIpc) is 3.24. The molecule has 2 N–H and O–H groups in total. The van der Waals surface area contributed by atoms with Crippen molar-refractivity contribution in [3.63, 3.8) is 0 Å². The normalized spacial score (nSPS) is 22.6. The summed E-state index contributed by atoms with van der Waals surface area (Å²) < 4.78 is 5.32. The van der Waals surface area contributed by atoms with E-state index in [4.69, 9.17) is 4.74 Å². The van der Waals surface area contributed by atoms with Crippen LogP contribution in [-0.2, 0) is 9.59 Å². The van der Waals surface area contributed by atoms with Gasteiger partial charge in [-0.15, -0.1) is 12.4 Å². The lowest BCUT2D eigenvalue weighted by Crippen LogP contribution is -2.34. The van der Waals surface area contributed by atoms with Crippen molar-refractivity contribution in [1.82, 2.24) is 10.6 Å². The van der Waals surface area contributed by atoms with E-state index < -0.39 is 0 Å². The maximum atomic E-state index is 12.4. The monoisotopic (exact) mass is 367 g/mol. The second kappa shape index (κ2) is 9.06. The second-order valence-electron chi connectivity index (χ2n) is 6.52. The van der Waals surface area contributed by atoms with Crippen molar-refractivity contribution in [3.05, 3.63) is 24.3 Å². The number of ether oxygens (including phenoxy) is 1. The van der Waals surface area contributed by atoms with Crippen LogP contribution in [0.3, 0.4) is 0 Å². The van der Waals surface area contributed by atoms with Crippen molar-refractivity contribution >= 4 is 29.9 Å². The number of amides is 2. The first-order valence-electron chi connectivity index (χ1n) is 8.61. The quantitative estimate of drug-likeness (QED) is 0.801. The Morgan fingerprint density at radius 2 is 2.20 bits per heavy atom. The summed E-state index contributed by atoms with van der Waals surface area (Å²) in [4.78, 5) is 26.3. The van der Waals surface area contributed by atoms with Crippen LogP contribution in [0.2, 0.25) is 0 Å². The van der Waals surface area contributed by atoms with E-state index in [9.17, 15) is 9.59 Å². The molecular formula is C18H26ClN3O3. The van der Waals surface area contributed by atoms with Gasteiger partial charge in [-0.25, -0.2) is 0 Å². The highest BCUT2D eigenvalue weighted by Crippen LogP contribution is 2.32. The maximum absolute atomic E-state index is 12.4. The van der Waals surface area contributed by atoms with Gasteiger partial charge in [-0.3, -0.25) is 9.59 Å².